The molecule has 0 aliphatic heterocycles. The summed E-state index contributed by atoms with van der Waals surface area (Å²) in [5, 5.41) is 40.7. The second kappa shape index (κ2) is 11.0. The molecular formula is C26H29N9O4. The van der Waals surface area contributed by atoms with Crippen LogP contribution in [0.15, 0.2) is 36.9 Å². The van der Waals surface area contributed by atoms with Crippen molar-refractivity contribution in [3.8, 4) is 46.1 Å². The smallest absolute Gasteiger partial charge is 0.240 e. The summed E-state index contributed by atoms with van der Waals surface area (Å²) in [6, 6.07) is 5.73. The Labute approximate surface area is 224 Å². The van der Waals surface area contributed by atoms with Gasteiger partial charge in [0.2, 0.25) is 11.8 Å². The fraction of sp³-hybridized carbons (Fsp3) is 0.385. The molecule has 13 nitrogen and oxygen atoms in total. The number of pyridine rings is 1. The van der Waals surface area contributed by atoms with Crippen molar-refractivity contribution in [3.63, 3.8) is 0 Å². The topological polar surface area (TPSA) is 169 Å². The lowest BCUT2D eigenvalue weighted by Crippen LogP contribution is -2.14. The number of nitriles is 1. The minimum Gasteiger partial charge on any atom is -0.493 e. The molecule has 5 rings (SSSR count). The molecule has 4 heterocycles. The van der Waals surface area contributed by atoms with Crippen LogP contribution in [0.4, 0.5) is 11.6 Å². The fourth-order valence-electron chi connectivity index (χ4n) is 4.13. The van der Waals surface area contributed by atoms with Crippen molar-refractivity contribution in [2.75, 3.05) is 18.5 Å². The van der Waals surface area contributed by atoms with Gasteiger partial charge in [-0.1, -0.05) is 0 Å². The van der Waals surface area contributed by atoms with Crippen LogP contribution in [0.25, 0.3) is 22.5 Å². The van der Waals surface area contributed by atoms with Crippen LogP contribution in [0.2, 0.25) is 0 Å². The lowest BCUT2D eigenvalue weighted by atomic mass is 10.1. The van der Waals surface area contributed by atoms with Crippen LogP contribution in [0.1, 0.15) is 32.7 Å². The second-order valence-electron chi connectivity index (χ2n) is 9.20. The summed E-state index contributed by atoms with van der Waals surface area (Å²) in [5.74, 6) is 2.06. The Morgan fingerprint density at radius 1 is 1.23 bits per heavy atom. The summed E-state index contributed by atoms with van der Waals surface area (Å²) in [6.07, 6.45) is 7.50. The molecule has 39 heavy (non-hydrogen) atoms. The van der Waals surface area contributed by atoms with Gasteiger partial charge in [-0.2, -0.15) is 10.4 Å². The van der Waals surface area contributed by atoms with E-state index in [1.165, 1.54) is 10.9 Å². The van der Waals surface area contributed by atoms with Gasteiger partial charge in [-0.15, -0.1) is 5.10 Å². The first-order valence-corrected chi connectivity index (χ1v) is 12.6. The molecule has 4 aromatic heterocycles. The first-order valence-electron chi connectivity index (χ1n) is 12.6. The number of aliphatic hydroxyl groups is 1. The number of ether oxygens (including phenoxy) is 2. The van der Waals surface area contributed by atoms with Gasteiger partial charge in [0, 0.05) is 50.3 Å². The van der Waals surface area contributed by atoms with Gasteiger partial charge in [-0.3, -0.25) is 4.68 Å². The quantitative estimate of drug-likeness (QED) is 0.260. The van der Waals surface area contributed by atoms with Crippen molar-refractivity contribution in [2.45, 2.75) is 38.8 Å². The predicted molar refractivity (Wildman–Crippen MR) is 140 cm³/mol. The third-order valence-corrected chi connectivity index (χ3v) is 6.32. The van der Waals surface area contributed by atoms with Crippen LogP contribution in [-0.4, -0.2) is 64.0 Å². The maximum atomic E-state index is 10.2. The molecular weight excluding hydrogens is 502 g/mol. The summed E-state index contributed by atoms with van der Waals surface area (Å²) >= 11 is 0. The van der Waals surface area contributed by atoms with Gasteiger partial charge >= 0.3 is 0 Å². The molecule has 0 spiro atoms. The molecule has 1 aliphatic carbocycles. The third kappa shape index (κ3) is 5.46. The van der Waals surface area contributed by atoms with Crippen molar-refractivity contribution in [3.05, 3.63) is 36.9 Å². The molecule has 202 valence electrons. The van der Waals surface area contributed by atoms with E-state index < -0.39 is 0 Å². The molecule has 1 saturated carbocycles. The van der Waals surface area contributed by atoms with E-state index in [0.29, 0.717) is 58.8 Å². The molecule has 0 amide bonds. The van der Waals surface area contributed by atoms with Crippen molar-refractivity contribution < 1.29 is 19.7 Å². The van der Waals surface area contributed by atoms with Crippen molar-refractivity contribution >= 4 is 11.6 Å². The predicted octanol–water partition coefficient (Wildman–Crippen LogP) is 3.22. The lowest BCUT2D eigenvalue weighted by molar-refractivity contribution is 0.169. The number of aryl methyl sites for hydroxylation is 1. The molecule has 0 radical (unpaired) electrons. The Bertz CT molecular complexity index is 1510. The van der Waals surface area contributed by atoms with Crippen LogP contribution in [0.3, 0.4) is 0 Å². The number of anilines is 2. The van der Waals surface area contributed by atoms with E-state index >= 15 is 0 Å². The summed E-state index contributed by atoms with van der Waals surface area (Å²) in [6.45, 7) is 4.16. The van der Waals surface area contributed by atoms with Crippen LogP contribution in [0.5, 0.6) is 17.5 Å². The van der Waals surface area contributed by atoms with Crippen LogP contribution >= 0.6 is 0 Å². The first kappa shape index (κ1) is 25.9. The summed E-state index contributed by atoms with van der Waals surface area (Å²) in [4.78, 5) is 13.3. The summed E-state index contributed by atoms with van der Waals surface area (Å²) in [5.41, 5.74) is 1.76. The van der Waals surface area contributed by atoms with Crippen molar-refractivity contribution in [2.24, 2.45) is 13.0 Å². The van der Waals surface area contributed by atoms with Crippen molar-refractivity contribution in [1.29, 1.82) is 5.26 Å². The van der Waals surface area contributed by atoms with E-state index in [0.717, 1.165) is 6.42 Å². The van der Waals surface area contributed by atoms with E-state index in [-0.39, 0.29) is 30.6 Å². The van der Waals surface area contributed by atoms with Crippen molar-refractivity contribution in [1.82, 2.24) is 34.5 Å². The average Bonchev–Trinajstić information content (AvgIpc) is 3.49. The molecule has 1 aliphatic rings. The number of hydrogen-bond donors (Lipinski definition) is 3. The zero-order valence-corrected chi connectivity index (χ0v) is 21.8. The SMILES string of the molecule is CCOc1nn(C2CC2C#N)cc1-c1cnc(Nc2ccnc(-c3cnn(C)c3O)n2)cc1OC(C)CCO. The van der Waals surface area contributed by atoms with Gasteiger partial charge < -0.3 is 25.0 Å². The number of aromatic nitrogens is 7. The van der Waals surface area contributed by atoms with E-state index in [1.54, 1.807) is 36.3 Å². The number of nitrogens with zero attached hydrogens (tertiary/aromatic N) is 8. The number of aliphatic hydroxyl groups excluding tert-OH is 1. The molecule has 3 N–H and O–H groups in total. The Kier molecular flexibility index (Phi) is 7.29. The number of hydrogen-bond acceptors (Lipinski definition) is 11. The summed E-state index contributed by atoms with van der Waals surface area (Å²) < 4.78 is 15.2. The van der Waals surface area contributed by atoms with Gasteiger partial charge in [0.15, 0.2) is 5.82 Å². The van der Waals surface area contributed by atoms with Crippen LogP contribution in [0, 0.1) is 17.2 Å². The second-order valence-corrected chi connectivity index (χ2v) is 9.20. The highest BCUT2D eigenvalue weighted by Gasteiger charge is 2.40. The molecule has 0 aromatic carbocycles. The highest BCUT2D eigenvalue weighted by atomic mass is 16.5. The maximum Gasteiger partial charge on any atom is 0.240 e. The zero-order valence-electron chi connectivity index (χ0n) is 21.8. The normalized spacial score (nSPS) is 16.9. The summed E-state index contributed by atoms with van der Waals surface area (Å²) in [7, 11) is 1.62. The standard InChI is InChI=1S/C26H29N9O4/c1-4-38-25-19(14-35(33-25)20-9-16(20)11-27)17-12-29-23(10-21(17)39-15(2)6-8-36)31-22-5-7-28-24(32-22)18-13-30-34(3)26(18)37/h5,7,10,12-16,20,36-37H,4,6,8-9H2,1-3H3,(H,28,29,31,32). The molecule has 13 heteroatoms. The highest BCUT2D eigenvalue weighted by molar-refractivity contribution is 5.75. The van der Waals surface area contributed by atoms with Gasteiger partial charge in [-0.25, -0.2) is 19.6 Å². The molecule has 3 unspecified atom stereocenters. The maximum absolute atomic E-state index is 10.2. The minimum atomic E-state index is -0.278. The highest BCUT2D eigenvalue weighted by Crippen LogP contribution is 2.45. The first-order chi connectivity index (χ1) is 18.9. The molecule has 1 fully saturated rings. The van der Waals surface area contributed by atoms with E-state index in [4.69, 9.17) is 9.47 Å². The zero-order chi connectivity index (χ0) is 27.5. The Balaban J connectivity index is 1.49. The Morgan fingerprint density at radius 3 is 2.77 bits per heavy atom. The minimum absolute atomic E-state index is 0.0146. The van der Waals surface area contributed by atoms with Gasteiger partial charge in [0.25, 0.3) is 0 Å². The van der Waals surface area contributed by atoms with Gasteiger partial charge in [0.1, 0.15) is 22.9 Å². The number of rotatable bonds is 11. The molecule has 3 atom stereocenters. The average molecular weight is 532 g/mol. The number of nitrogens with one attached hydrogen (secondary N) is 1. The van der Waals surface area contributed by atoms with E-state index in [2.05, 4.69) is 36.5 Å². The monoisotopic (exact) mass is 531 g/mol. The Morgan fingerprint density at radius 2 is 2.08 bits per heavy atom. The fourth-order valence-corrected chi connectivity index (χ4v) is 4.13. The van der Waals surface area contributed by atoms with E-state index in [1.807, 2.05) is 20.0 Å². The van der Waals surface area contributed by atoms with Crippen LogP contribution < -0.4 is 14.8 Å². The largest absolute Gasteiger partial charge is 0.493 e. The van der Waals surface area contributed by atoms with E-state index in [9.17, 15) is 15.5 Å². The van der Waals surface area contributed by atoms with Gasteiger partial charge in [0.05, 0.1) is 42.5 Å². The van der Waals surface area contributed by atoms with Crippen LogP contribution in [-0.2, 0) is 7.05 Å². The number of aromatic hydroxyl groups is 1. The molecule has 4 aromatic rings. The molecule has 0 saturated heterocycles. The molecule has 0 bridgehead atoms. The lowest BCUT2D eigenvalue weighted by Gasteiger charge is -2.18. The van der Waals surface area contributed by atoms with Gasteiger partial charge in [-0.05, 0) is 26.3 Å². The Hall–Kier alpha value is -4.70. The third-order valence-electron chi connectivity index (χ3n) is 6.32.